The van der Waals surface area contributed by atoms with Gasteiger partial charge in [0.2, 0.25) is 5.76 Å². The summed E-state index contributed by atoms with van der Waals surface area (Å²) in [5, 5.41) is 1.47. The van der Waals surface area contributed by atoms with Gasteiger partial charge in [0.15, 0.2) is 10.6 Å². The third-order valence-electron chi connectivity index (χ3n) is 5.68. The molecule has 1 aliphatic heterocycles. The molecule has 5 nitrogen and oxygen atoms in total. The summed E-state index contributed by atoms with van der Waals surface area (Å²) in [6.07, 6.45) is 0. The van der Waals surface area contributed by atoms with E-state index in [9.17, 15) is 9.59 Å². The maximum Gasteiger partial charge on any atom is 0.297 e. The van der Waals surface area contributed by atoms with Gasteiger partial charge in [0.1, 0.15) is 5.58 Å². The number of amides is 1. The fraction of sp³-hybridized carbons (Fsp3) is 0.0800. The topological polar surface area (TPSA) is 63.4 Å². The second-order valence-electron chi connectivity index (χ2n) is 7.77. The van der Waals surface area contributed by atoms with Crippen molar-refractivity contribution in [3.63, 3.8) is 0 Å². The van der Waals surface area contributed by atoms with Crippen LogP contribution >= 0.6 is 22.9 Å². The molecule has 0 saturated heterocycles. The number of fused-ring (bicyclic) bond motifs is 3. The van der Waals surface area contributed by atoms with Crippen LogP contribution in [0.15, 0.2) is 75.9 Å². The molecule has 0 radical (unpaired) electrons. The van der Waals surface area contributed by atoms with Crippen molar-refractivity contribution in [1.29, 1.82) is 0 Å². The molecule has 0 bridgehead atoms. The Morgan fingerprint density at radius 1 is 1.03 bits per heavy atom. The lowest BCUT2D eigenvalue weighted by atomic mass is 9.99. The van der Waals surface area contributed by atoms with Crippen molar-refractivity contribution in [2.24, 2.45) is 0 Å². The number of thiazole rings is 1. The van der Waals surface area contributed by atoms with Gasteiger partial charge in [0.25, 0.3) is 5.91 Å². The van der Waals surface area contributed by atoms with Gasteiger partial charge < -0.3 is 4.42 Å². The number of hydrogen-bond donors (Lipinski definition) is 0. The van der Waals surface area contributed by atoms with Gasteiger partial charge in [-0.2, -0.15) is 0 Å². The van der Waals surface area contributed by atoms with Gasteiger partial charge in [-0.25, -0.2) is 4.98 Å². The summed E-state index contributed by atoms with van der Waals surface area (Å²) in [5.74, 6) is -0.335. The van der Waals surface area contributed by atoms with Crippen LogP contribution in [0.2, 0.25) is 5.02 Å². The monoisotopic (exact) mass is 458 g/mol. The van der Waals surface area contributed by atoms with Gasteiger partial charge in [0, 0.05) is 5.02 Å². The molecule has 1 aliphatic rings. The van der Waals surface area contributed by atoms with E-state index < -0.39 is 6.04 Å². The van der Waals surface area contributed by atoms with E-state index in [-0.39, 0.29) is 17.1 Å². The van der Waals surface area contributed by atoms with Crippen molar-refractivity contribution >= 4 is 55.2 Å². The predicted molar refractivity (Wildman–Crippen MR) is 127 cm³/mol. The second-order valence-corrected chi connectivity index (χ2v) is 9.22. The molecule has 0 spiro atoms. The van der Waals surface area contributed by atoms with Crippen LogP contribution in [0.1, 0.15) is 33.3 Å². The first-order chi connectivity index (χ1) is 15.5. The standard InChI is InChI=1S/C25H15ClN2O3S/c1-13-9-10-17-19(11-13)32-25(27-17)28-21(14-5-4-6-15(26)12-14)20-22(29)16-7-2-3-8-18(16)31-23(20)24(28)30/h2-12,21H,1H3. The minimum atomic E-state index is -0.682. The number of para-hydroxylation sites is 1. The van der Waals surface area contributed by atoms with E-state index >= 15 is 0 Å². The Morgan fingerprint density at radius 3 is 2.72 bits per heavy atom. The highest BCUT2D eigenvalue weighted by molar-refractivity contribution is 7.22. The minimum absolute atomic E-state index is 0.0501. The third kappa shape index (κ3) is 2.80. The summed E-state index contributed by atoms with van der Waals surface area (Å²) in [6, 6.07) is 19.4. The molecular formula is C25H15ClN2O3S. The Hall–Kier alpha value is -3.48. The lowest BCUT2D eigenvalue weighted by Gasteiger charge is -2.22. The summed E-state index contributed by atoms with van der Waals surface area (Å²) < 4.78 is 6.95. The van der Waals surface area contributed by atoms with Crippen LogP contribution in [0.4, 0.5) is 5.13 Å². The molecule has 0 saturated carbocycles. The highest BCUT2D eigenvalue weighted by atomic mass is 35.5. The van der Waals surface area contributed by atoms with Gasteiger partial charge in [-0.15, -0.1) is 0 Å². The Bertz CT molecular complexity index is 1620. The van der Waals surface area contributed by atoms with E-state index in [1.807, 2.05) is 37.3 Å². The maximum atomic E-state index is 13.6. The highest BCUT2D eigenvalue weighted by Crippen LogP contribution is 2.44. The number of hydrogen-bond acceptors (Lipinski definition) is 5. The summed E-state index contributed by atoms with van der Waals surface area (Å²) >= 11 is 7.69. The van der Waals surface area contributed by atoms with Crippen molar-refractivity contribution < 1.29 is 9.21 Å². The molecule has 3 aromatic carbocycles. The maximum absolute atomic E-state index is 13.6. The van der Waals surface area contributed by atoms with E-state index in [4.69, 9.17) is 21.0 Å². The third-order valence-corrected chi connectivity index (χ3v) is 6.93. The Balaban J connectivity index is 1.65. The smallest absolute Gasteiger partial charge is 0.297 e. The van der Waals surface area contributed by atoms with Gasteiger partial charge in [-0.05, 0) is 54.4 Å². The normalized spacial score (nSPS) is 15.6. The van der Waals surface area contributed by atoms with E-state index in [0.29, 0.717) is 26.7 Å². The molecule has 1 unspecified atom stereocenters. The van der Waals surface area contributed by atoms with Crippen LogP contribution in [0.3, 0.4) is 0 Å². The van der Waals surface area contributed by atoms with Gasteiger partial charge in [-0.1, -0.05) is 53.3 Å². The minimum Gasteiger partial charge on any atom is -0.450 e. The number of benzene rings is 3. The number of anilines is 1. The second kappa shape index (κ2) is 7.02. The zero-order valence-corrected chi connectivity index (χ0v) is 18.4. The number of carbonyl (C=O) groups is 1. The number of carbonyl (C=O) groups excluding carboxylic acids is 1. The summed E-state index contributed by atoms with van der Waals surface area (Å²) in [7, 11) is 0. The lowest BCUT2D eigenvalue weighted by Crippen LogP contribution is -2.29. The van der Waals surface area contributed by atoms with Gasteiger partial charge >= 0.3 is 0 Å². The lowest BCUT2D eigenvalue weighted by molar-refractivity contribution is 0.0971. The largest absolute Gasteiger partial charge is 0.450 e. The van der Waals surface area contributed by atoms with Crippen LogP contribution in [0, 0.1) is 6.92 Å². The zero-order chi connectivity index (χ0) is 22.0. The van der Waals surface area contributed by atoms with Crippen molar-refractivity contribution in [1.82, 2.24) is 4.98 Å². The SMILES string of the molecule is Cc1ccc2nc(N3C(=O)c4oc5ccccc5c(=O)c4C3c3cccc(Cl)c3)sc2c1. The Kier molecular flexibility index (Phi) is 4.22. The van der Waals surface area contributed by atoms with Crippen molar-refractivity contribution in [2.75, 3.05) is 4.90 Å². The summed E-state index contributed by atoms with van der Waals surface area (Å²) in [4.78, 5) is 33.4. The first kappa shape index (κ1) is 19.2. The van der Waals surface area contributed by atoms with Crippen molar-refractivity contribution in [3.05, 3.63) is 104 Å². The van der Waals surface area contributed by atoms with E-state index in [2.05, 4.69) is 0 Å². The molecule has 1 amide bonds. The molecule has 0 aliphatic carbocycles. The molecule has 2 aromatic heterocycles. The van der Waals surface area contributed by atoms with Crippen LogP contribution in [-0.2, 0) is 0 Å². The Morgan fingerprint density at radius 2 is 1.88 bits per heavy atom. The van der Waals surface area contributed by atoms with Crippen molar-refractivity contribution in [2.45, 2.75) is 13.0 Å². The van der Waals surface area contributed by atoms with Crippen LogP contribution in [-0.4, -0.2) is 10.9 Å². The molecule has 3 heterocycles. The van der Waals surface area contributed by atoms with E-state index in [1.165, 1.54) is 11.3 Å². The Labute approximate surface area is 191 Å². The molecule has 7 heteroatoms. The zero-order valence-electron chi connectivity index (χ0n) is 16.8. The average Bonchev–Trinajstić information content (AvgIpc) is 3.32. The fourth-order valence-electron chi connectivity index (χ4n) is 4.23. The molecule has 0 N–H and O–H groups in total. The molecule has 156 valence electrons. The van der Waals surface area contributed by atoms with Crippen molar-refractivity contribution in [3.8, 4) is 0 Å². The molecule has 1 atom stereocenters. The first-order valence-electron chi connectivity index (χ1n) is 10.0. The molecule has 0 fully saturated rings. The highest BCUT2D eigenvalue weighted by Gasteiger charge is 2.45. The first-order valence-corrected chi connectivity index (χ1v) is 11.2. The van der Waals surface area contributed by atoms with Gasteiger partial charge in [0.05, 0.1) is 27.2 Å². The summed E-state index contributed by atoms with van der Waals surface area (Å²) in [6.45, 7) is 2.01. The number of halogens is 1. The summed E-state index contributed by atoms with van der Waals surface area (Å²) in [5.41, 5.74) is 3.11. The molecule has 5 aromatic rings. The number of rotatable bonds is 2. The number of aromatic nitrogens is 1. The van der Waals surface area contributed by atoms with Crippen LogP contribution in [0.25, 0.3) is 21.2 Å². The van der Waals surface area contributed by atoms with Crippen LogP contribution in [0.5, 0.6) is 0 Å². The predicted octanol–water partition coefficient (Wildman–Crippen LogP) is 6.11. The van der Waals surface area contributed by atoms with E-state index in [1.54, 1.807) is 41.3 Å². The molecular weight excluding hydrogens is 444 g/mol. The number of aryl methyl sites for hydroxylation is 1. The molecule has 32 heavy (non-hydrogen) atoms. The van der Waals surface area contributed by atoms with Gasteiger partial charge in [-0.3, -0.25) is 14.5 Å². The average molecular weight is 459 g/mol. The number of nitrogens with zero attached hydrogens (tertiary/aromatic N) is 2. The quantitative estimate of drug-likeness (QED) is 0.320. The molecule has 6 rings (SSSR count). The van der Waals surface area contributed by atoms with E-state index in [0.717, 1.165) is 21.3 Å². The van der Waals surface area contributed by atoms with Crippen LogP contribution < -0.4 is 10.3 Å². The fourth-order valence-corrected chi connectivity index (χ4v) is 5.52.